The van der Waals surface area contributed by atoms with E-state index in [1.54, 1.807) is 30.3 Å². The number of furan rings is 1. The molecule has 0 aliphatic carbocycles. The molecule has 1 aromatic carbocycles. The van der Waals surface area contributed by atoms with E-state index < -0.39 is 11.8 Å². The second-order valence-corrected chi connectivity index (χ2v) is 7.14. The van der Waals surface area contributed by atoms with Crippen LogP contribution in [-0.4, -0.2) is 36.6 Å². The maximum absolute atomic E-state index is 13.1. The highest BCUT2D eigenvalue weighted by Gasteiger charge is 2.34. The molecule has 2 amide bonds. The topological polar surface area (TPSA) is 75.0 Å². The van der Waals surface area contributed by atoms with E-state index in [9.17, 15) is 9.59 Å². The van der Waals surface area contributed by atoms with Crippen molar-refractivity contribution < 1.29 is 18.7 Å². The Morgan fingerprint density at radius 3 is 2.55 bits per heavy atom. The minimum absolute atomic E-state index is 0.0326. The van der Waals surface area contributed by atoms with E-state index in [0.29, 0.717) is 23.8 Å². The first-order chi connectivity index (χ1) is 14.1. The minimum Gasteiger partial charge on any atom is -0.494 e. The monoisotopic (exact) mass is 411 g/mol. The summed E-state index contributed by atoms with van der Waals surface area (Å²) in [7, 11) is 0. The summed E-state index contributed by atoms with van der Waals surface area (Å²) in [6.07, 6.45) is 3.72. The van der Waals surface area contributed by atoms with Crippen molar-refractivity contribution in [3.05, 3.63) is 47.7 Å². The maximum atomic E-state index is 13.1. The Morgan fingerprint density at radius 2 is 1.86 bits per heavy atom. The van der Waals surface area contributed by atoms with Crippen molar-refractivity contribution in [3.8, 4) is 5.75 Å². The van der Waals surface area contributed by atoms with Gasteiger partial charge in [-0.2, -0.15) is 0 Å². The molecule has 4 rings (SSSR count). The zero-order valence-corrected chi connectivity index (χ0v) is 16.8. The van der Waals surface area contributed by atoms with E-state index in [0.717, 1.165) is 31.8 Å². The Balaban J connectivity index is 1.60. The van der Waals surface area contributed by atoms with Crippen LogP contribution in [0.15, 0.2) is 46.4 Å². The zero-order valence-electron chi connectivity index (χ0n) is 16.0. The van der Waals surface area contributed by atoms with Crippen LogP contribution in [0.3, 0.4) is 0 Å². The van der Waals surface area contributed by atoms with Gasteiger partial charge in [0.25, 0.3) is 11.8 Å². The van der Waals surface area contributed by atoms with Crippen molar-refractivity contribution in [3.63, 3.8) is 0 Å². The lowest BCUT2D eigenvalue weighted by atomic mass is 10.1. The van der Waals surface area contributed by atoms with Crippen molar-refractivity contribution in [2.24, 2.45) is 0 Å². The second kappa shape index (κ2) is 8.08. The van der Waals surface area contributed by atoms with E-state index in [4.69, 9.17) is 21.4 Å². The van der Waals surface area contributed by atoms with Gasteiger partial charge in [-0.05, 0) is 68.4 Å². The highest BCUT2D eigenvalue weighted by Crippen LogP contribution is 2.27. The first kappa shape index (κ1) is 19.2. The van der Waals surface area contributed by atoms with Crippen LogP contribution in [0.4, 0.5) is 11.6 Å². The van der Waals surface area contributed by atoms with Gasteiger partial charge in [-0.3, -0.25) is 19.8 Å². The molecule has 1 N–H and O–H groups in total. The smallest absolute Gasteiger partial charge is 0.270 e. The number of carbonyl (C=O) groups excluding carboxylic acids is 2. The van der Waals surface area contributed by atoms with Gasteiger partial charge in [-0.1, -0.05) is 0 Å². The minimum atomic E-state index is -0.540. The molecule has 1 aromatic heterocycles. The Bertz CT molecular complexity index is 974. The number of carbonyl (C=O) groups is 2. The molecule has 2 fully saturated rings. The Labute approximate surface area is 173 Å². The van der Waals surface area contributed by atoms with Crippen LogP contribution in [0.5, 0.6) is 5.75 Å². The van der Waals surface area contributed by atoms with Gasteiger partial charge in [0.2, 0.25) is 0 Å². The Morgan fingerprint density at radius 1 is 1.14 bits per heavy atom. The average Bonchev–Trinajstić information content (AvgIpc) is 3.38. The van der Waals surface area contributed by atoms with Crippen molar-refractivity contribution >= 4 is 46.8 Å². The molecular formula is C21H21N3O4S. The van der Waals surface area contributed by atoms with Gasteiger partial charge in [0.05, 0.1) is 12.3 Å². The van der Waals surface area contributed by atoms with Gasteiger partial charge in [0, 0.05) is 19.2 Å². The molecule has 7 nitrogen and oxygen atoms in total. The van der Waals surface area contributed by atoms with Gasteiger partial charge in [0.1, 0.15) is 17.1 Å². The quantitative estimate of drug-likeness (QED) is 0.463. The predicted octanol–water partition coefficient (Wildman–Crippen LogP) is 3.11. The number of ether oxygens (including phenoxy) is 1. The molecule has 0 radical (unpaired) electrons. The summed E-state index contributed by atoms with van der Waals surface area (Å²) in [4.78, 5) is 28.9. The van der Waals surface area contributed by atoms with Crippen molar-refractivity contribution in [2.45, 2.75) is 19.8 Å². The van der Waals surface area contributed by atoms with E-state index in [-0.39, 0.29) is 10.7 Å². The number of nitrogens with zero attached hydrogens (tertiary/aromatic N) is 2. The molecule has 8 heteroatoms. The number of hydrogen-bond donors (Lipinski definition) is 1. The van der Waals surface area contributed by atoms with Crippen molar-refractivity contribution in [1.82, 2.24) is 5.32 Å². The number of hydrogen-bond acceptors (Lipinski definition) is 6. The van der Waals surface area contributed by atoms with E-state index in [1.807, 2.05) is 13.0 Å². The highest BCUT2D eigenvalue weighted by atomic mass is 32.1. The molecule has 0 spiro atoms. The maximum Gasteiger partial charge on any atom is 0.270 e. The molecule has 2 aliphatic heterocycles. The number of anilines is 2. The first-order valence-electron chi connectivity index (χ1n) is 9.56. The van der Waals surface area contributed by atoms with Crippen LogP contribution in [0.2, 0.25) is 0 Å². The Kier molecular flexibility index (Phi) is 5.35. The molecule has 2 saturated heterocycles. The third-order valence-electron chi connectivity index (χ3n) is 4.82. The summed E-state index contributed by atoms with van der Waals surface area (Å²) in [6.45, 7) is 4.34. The standard InChI is InChI=1S/C21H21N3O4S/c1-2-27-15-7-5-14(6-8-15)24-20(26)17(19(25)22-21(24)29)13-16-9-10-18(28-16)23-11-3-4-12-23/h5-10,13H,2-4,11-12H2,1H3,(H,22,25,29)/b17-13+. The fourth-order valence-electron chi connectivity index (χ4n) is 3.42. The van der Waals surface area contributed by atoms with Crippen LogP contribution < -0.4 is 19.9 Å². The number of nitrogens with one attached hydrogen (secondary N) is 1. The summed E-state index contributed by atoms with van der Waals surface area (Å²) in [5.41, 5.74) is 0.515. The molecule has 2 aliphatic rings. The van der Waals surface area contributed by atoms with Crippen LogP contribution in [0.25, 0.3) is 6.08 Å². The molecule has 29 heavy (non-hydrogen) atoms. The molecular weight excluding hydrogens is 390 g/mol. The molecule has 2 aromatic rings. The lowest BCUT2D eigenvalue weighted by Gasteiger charge is -2.28. The molecule has 3 heterocycles. The van der Waals surface area contributed by atoms with Gasteiger partial charge >= 0.3 is 0 Å². The van der Waals surface area contributed by atoms with Crippen LogP contribution in [-0.2, 0) is 9.59 Å². The molecule has 150 valence electrons. The van der Waals surface area contributed by atoms with Gasteiger partial charge < -0.3 is 14.1 Å². The molecule has 0 unspecified atom stereocenters. The summed E-state index contributed by atoms with van der Waals surface area (Å²) in [6, 6.07) is 10.6. The highest BCUT2D eigenvalue weighted by molar-refractivity contribution is 7.80. The average molecular weight is 411 g/mol. The third-order valence-corrected chi connectivity index (χ3v) is 5.11. The summed E-state index contributed by atoms with van der Waals surface area (Å²) < 4.78 is 11.3. The van der Waals surface area contributed by atoms with Crippen LogP contribution >= 0.6 is 12.2 Å². The Hall–Kier alpha value is -3.13. The van der Waals surface area contributed by atoms with E-state index >= 15 is 0 Å². The number of thiocarbonyl (C=S) groups is 1. The SMILES string of the molecule is CCOc1ccc(N2C(=O)/C(=C/c3ccc(N4CCCC4)o3)C(=O)NC2=S)cc1. The lowest BCUT2D eigenvalue weighted by molar-refractivity contribution is -0.122. The van der Waals surface area contributed by atoms with Crippen molar-refractivity contribution in [1.29, 1.82) is 0 Å². The number of amides is 2. The third kappa shape index (κ3) is 3.88. The summed E-state index contributed by atoms with van der Waals surface area (Å²) in [5, 5.41) is 2.62. The fraction of sp³-hybridized carbons (Fsp3) is 0.286. The van der Waals surface area contributed by atoms with E-state index in [1.165, 1.54) is 11.0 Å². The first-order valence-corrected chi connectivity index (χ1v) is 9.97. The number of benzene rings is 1. The normalized spacial score (nSPS) is 18.5. The number of rotatable bonds is 5. The molecule has 0 saturated carbocycles. The predicted molar refractivity (Wildman–Crippen MR) is 114 cm³/mol. The molecule has 0 bridgehead atoms. The largest absolute Gasteiger partial charge is 0.494 e. The fourth-order valence-corrected chi connectivity index (χ4v) is 3.70. The molecule has 0 atom stereocenters. The summed E-state index contributed by atoms with van der Waals surface area (Å²) in [5.74, 6) is 0.849. The van der Waals surface area contributed by atoms with Crippen LogP contribution in [0.1, 0.15) is 25.5 Å². The van der Waals surface area contributed by atoms with Crippen LogP contribution in [0, 0.1) is 0 Å². The second-order valence-electron chi connectivity index (χ2n) is 6.75. The van der Waals surface area contributed by atoms with Crippen molar-refractivity contribution in [2.75, 3.05) is 29.5 Å². The lowest BCUT2D eigenvalue weighted by Crippen LogP contribution is -2.54. The van der Waals surface area contributed by atoms with Gasteiger partial charge in [0.15, 0.2) is 11.0 Å². The van der Waals surface area contributed by atoms with E-state index in [2.05, 4.69) is 10.2 Å². The van der Waals surface area contributed by atoms with Gasteiger partial charge in [-0.25, -0.2) is 0 Å². The zero-order chi connectivity index (χ0) is 20.4. The van der Waals surface area contributed by atoms with Gasteiger partial charge in [-0.15, -0.1) is 0 Å². The summed E-state index contributed by atoms with van der Waals surface area (Å²) >= 11 is 5.23.